The van der Waals surface area contributed by atoms with E-state index in [4.69, 9.17) is 5.41 Å². The summed E-state index contributed by atoms with van der Waals surface area (Å²) in [5, 5.41) is 7.36. The van der Waals surface area contributed by atoms with Crippen LogP contribution in [0.25, 0.3) is 0 Å². The lowest BCUT2D eigenvalue weighted by Crippen LogP contribution is -1.77. The summed E-state index contributed by atoms with van der Waals surface area (Å²) in [6, 6.07) is 0. The van der Waals surface area contributed by atoms with Gasteiger partial charge in [0.25, 0.3) is 0 Å². The Labute approximate surface area is 72.1 Å². The molecule has 0 aromatic heterocycles. The van der Waals surface area contributed by atoms with E-state index in [0.29, 0.717) is 0 Å². The minimum absolute atomic E-state index is 1.13. The molecular weight excluding hydrogens is 162 g/mol. The van der Waals surface area contributed by atoms with Crippen molar-refractivity contribution in [2.45, 2.75) is 19.3 Å². The normalized spacial score (nSPS) is 14.9. The number of rotatable bonds is 3. The summed E-state index contributed by atoms with van der Waals surface area (Å²) in [6.45, 7) is 0. The van der Waals surface area contributed by atoms with Gasteiger partial charge in [0.2, 0.25) is 0 Å². The van der Waals surface area contributed by atoms with Crippen molar-refractivity contribution in [2.24, 2.45) is 5.92 Å². The maximum Gasteiger partial charge on any atom is 0.0554 e. The summed E-state index contributed by atoms with van der Waals surface area (Å²) in [5.41, 5.74) is 0. The van der Waals surface area contributed by atoms with Crippen molar-refractivity contribution in [3.05, 3.63) is 0 Å². The molecule has 1 nitrogen and oxygen atoms in total. The molecule has 1 rings (SSSR count). The first kappa shape index (κ1) is 10.2. The average molecular weight is 175 g/mol. The Kier molecular flexibility index (Phi) is 7.37. The van der Waals surface area contributed by atoms with E-state index >= 15 is 0 Å². The number of thiocarbonyl (C=S) groups is 1. The Hall–Kier alpha value is 0.150. The van der Waals surface area contributed by atoms with Crippen LogP contribution in [-0.4, -0.2) is 17.2 Å². The molecule has 0 amide bonds. The van der Waals surface area contributed by atoms with Gasteiger partial charge in [-0.2, -0.15) is 11.8 Å². The largest absolute Gasteiger partial charge is 0.248 e. The molecule has 1 aliphatic carbocycles. The maximum absolute atomic E-state index is 5.77. The summed E-state index contributed by atoms with van der Waals surface area (Å²) in [6.07, 6.45) is 6.69. The minimum atomic E-state index is 1.13. The summed E-state index contributed by atoms with van der Waals surface area (Å²) in [7, 11) is 0. The van der Waals surface area contributed by atoms with Crippen LogP contribution in [0.5, 0.6) is 0 Å². The predicted octanol–water partition coefficient (Wildman–Crippen LogP) is 2.82. The number of hydrogen-bond donors (Lipinski definition) is 1. The number of nitrogens with one attached hydrogen (secondary N) is 1. The van der Waals surface area contributed by atoms with E-state index in [1.807, 2.05) is 11.8 Å². The first-order valence-corrected chi connectivity index (χ1v) is 5.18. The van der Waals surface area contributed by atoms with Crippen LogP contribution in [0, 0.1) is 11.3 Å². The van der Waals surface area contributed by atoms with E-state index < -0.39 is 0 Å². The van der Waals surface area contributed by atoms with Gasteiger partial charge in [-0.15, -0.1) is 0 Å². The van der Waals surface area contributed by atoms with Crippen molar-refractivity contribution in [2.75, 3.05) is 12.0 Å². The molecule has 1 fully saturated rings. The topological polar surface area (TPSA) is 23.9 Å². The van der Waals surface area contributed by atoms with Gasteiger partial charge in [-0.1, -0.05) is 12.8 Å². The van der Waals surface area contributed by atoms with Gasteiger partial charge in [0.15, 0.2) is 0 Å². The molecule has 0 aromatic carbocycles. The zero-order valence-electron chi connectivity index (χ0n) is 6.22. The smallest absolute Gasteiger partial charge is 0.0554 e. The lowest BCUT2D eigenvalue weighted by molar-refractivity contribution is 0.809. The summed E-state index contributed by atoms with van der Waals surface area (Å²) < 4.78 is 0. The molecule has 1 aliphatic rings. The lowest BCUT2D eigenvalue weighted by Gasteiger charge is -1.88. The van der Waals surface area contributed by atoms with Crippen molar-refractivity contribution < 1.29 is 0 Å². The SMILES string of the molecule is CSCCC1CC1.N=C=S. The van der Waals surface area contributed by atoms with Crippen molar-refractivity contribution in [3.63, 3.8) is 0 Å². The van der Waals surface area contributed by atoms with Gasteiger partial charge in [0, 0.05) is 0 Å². The molecule has 58 valence electrons. The second kappa shape index (κ2) is 7.26. The molecular formula is C7H13NS2. The molecule has 10 heavy (non-hydrogen) atoms. The van der Waals surface area contributed by atoms with Crippen LogP contribution in [-0.2, 0) is 0 Å². The van der Waals surface area contributed by atoms with E-state index in [0.717, 1.165) is 5.92 Å². The molecule has 0 unspecified atom stereocenters. The summed E-state index contributed by atoms with van der Waals surface area (Å²) >= 11 is 5.78. The third kappa shape index (κ3) is 8.15. The first-order valence-electron chi connectivity index (χ1n) is 3.38. The molecule has 0 aliphatic heterocycles. The van der Waals surface area contributed by atoms with E-state index in [-0.39, 0.29) is 0 Å². The number of thioether (sulfide) groups is 1. The third-order valence-electron chi connectivity index (χ3n) is 1.43. The Bertz CT molecular complexity index is 104. The minimum Gasteiger partial charge on any atom is -0.248 e. The molecule has 0 radical (unpaired) electrons. The highest BCUT2D eigenvalue weighted by Gasteiger charge is 2.19. The van der Waals surface area contributed by atoms with Crippen LogP contribution < -0.4 is 0 Å². The first-order chi connectivity index (χ1) is 4.85. The maximum atomic E-state index is 5.77. The quantitative estimate of drug-likeness (QED) is 0.527. The fourth-order valence-corrected chi connectivity index (χ4v) is 1.26. The van der Waals surface area contributed by atoms with Crippen molar-refractivity contribution in [3.8, 4) is 0 Å². The highest BCUT2D eigenvalue weighted by Crippen LogP contribution is 2.32. The fourth-order valence-electron chi connectivity index (χ4n) is 0.691. The van der Waals surface area contributed by atoms with Gasteiger partial charge < -0.3 is 0 Å². The second-order valence-electron chi connectivity index (χ2n) is 2.33. The zero-order valence-corrected chi connectivity index (χ0v) is 7.86. The molecule has 0 spiro atoms. The van der Waals surface area contributed by atoms with Gasteiger partial charge in [0.05, 0.1) is 5.16 Å². The van der Waals surface area contributed by atoms with E-state index in [9.17, 15) is 0 Å². The van der Waals surface area contributed by atoms with E-state index in [2.05, 4.69) is 18.5 Å². The third-order valence-corrected chi connectivity index (χ3v) is 2.07. The predicted molar refractivity (Wildman–Crippen MR) is 51.0 cm³/mol. The van der Waals surface area contributed by atoms with Crippen molar-refractivity contribution in [1.29, 1.82) is 5.41 Å². The van der Waals surface area contributed by atoms with Crippen LogP contribution in [0.3, 0.4) is 0 Å². The van der Waals surface area contributed by atoms with Crippen LogP contribution in [0.4, 0.5) is 0 Å². The molecule has 0 atom stereocenters. The molecule has 0 heterocycles. The molecule has 0 aromatic rings. The van der Waals surface area contributed by atoms with Gasteiger partial charge in [-0.05, 0) is 36.6 Å². The Morgan fingerprint density at radius 3 is 2.50 bits per heavy atom. The Morgan fingerprint density at radius 2 is 2.20 bits per heavy atom. The highest BCUT2D eigenvalue weighted by molar-refractivity contribution is 7.98. The molecule has 1 N–H and O–H groups in total. The fraction of sp³-hybridized carbons (Fsp3) is 0.857. The Morgan fingerprint density at radius 1 is 1.70 bits per heavy atom. The Balaban J connectivity index is 0.000000236. The molecule has 0 saturated heterocycles. The van der Waals surface area contributed by atoms with Crippen LogP contribution in [0.15, 0.2) is 0 Å². The van der Waals surface area contributed by atoms with Crippen LogP contribution in [0.1, 0.15) is 19.3 Å². The van der Waals surface area contributed by atoms with Crippen LogP contribution in [0.2, 0.25) is 0 Å². The number of hydrogen-bond acceptors (Lipinski definition) is 3. The zero-order chi connectivity index (χ0) is 7.82. The van der Waals surface area contributed by atoms with Crippen molar-refractivity contribution in [1.82, 2.24) is 0 Å². The molecule has 3 heteroatoms. The lowest BCUT2D eigenvalue weighted by atomic mass is 10.3. The van der Waals surface area contributed by atoms with Crippen molar-refractivity contribution >= 4 is 29.1 Å². The van der Waals surface area contributed by atoms with Gasteiger partial charge in [-0.3, -0.25) is 0 Å². The monoisotopic (exact) mass is 175 g/mol. The van der Waals surface area contributed by atoms with Gasteiger partial charge in [0.1, 0.15) is 0 Å². The van der Waals surface area contributed by atoms with Gasteiger partial charge >= 0.3 is 0 Å². The summed E-state index contributed by atoms with van der Waals surface area (Å²) in [4.78, 5) is 0. The summed E-state index contributed by atoms with van der Waals surface area (Å²) in [5.74, 6) is 2.51. The molecule has 1 saturated carbocycles. The number of isothiocyanates is 1. The molecule has 0 bridgehead atoms. The average Bonchev–Trinajstić information content (AvgIpc) is 2.68. The van der Waals surface area contributed by atoms with Gasteiger partial charge in [-0.25, -0.2) is 5.41 Å². The van der Waals surface area contributed by atoms with Crippen LogP contribution >= 0.6 is 24.0 Å². The van der Waals surface area contributed by atoms with E-state index in [1.54, 1.807) is 5.16 Å². The van der Waals surface area contributed by atoms with E-state index in [1.165, 1.54) is 25.0 Å². The standard InChI is InChI=1S/C6H12S.CHNS/c1-7-5-4-6-2-3-6;2-1-3/h6H,2-5H2,1H3;2H. The highest BCUT2D eigenvalue weighted by atomic mass is 32.2. The second-order valence-corrected chi connectivity index (χ2v) is 3.52.